The fraction of sp³-hybridized carbons (Fsp3) is 0.778. The first-order valence-electron chi connectivity index (χ1n) is 4.83. The summed E-state index contributed by atoms with van der Waals surface area (Å²) in [5.41, 5.74) is 2.02. The van der Waals surface area contributed by atoms with E-state index in [0.29, 0.717) is 6.61 Å². The zero-order valence-corrected chi connectivity index (χ0v) is 11.1. The molecular weight excluding hydrogens is 216 g/mol. The highest BCUT2D eigenvalue weighted by atomic mass is 32.2. The first-order valence-corrected chi connectivity index (χ1v) is 9.70. The maximum Gasteiger partial charge on any atom is 0.267 e. The van der Waals surface area contributed by atoms with Gasteiger partial charge in [-0.25, -0.2) is 0 Å². The van der Waals surface area contributed by atoms with Crippen molar-refractivity contribution < 1.29 is 12.6 Å². The van der Waals surface area contributed by atoms with E-state index in [-0.39, 0.29) is 5.75 Å². The molecule has 0 radical (unpaired) electrons. The predicted molar refractivity (Wildman–Crippen MR) is 62.5 cm³/mol. The van der Waals surface area contributed by atoms with Crippen LogP contribution in [0.15, 0.2) is 12.3 Å². The fourth-order valence-electron chi connectivity index (χ4n) is 0.899. The van der Waals surface area contributed by atoms with Gasteiger partial charge in [0.15, 0.2) is 0 Å². The van der Waals surface area contributed by atoms with Crippen LogP contribution in [0.25, 0.3) is 0 Å². The molecule has 0 bridgehead atoms. The monoisotopic (exact) mass is 236 g/mol. The molecule has 0 saturated carbocycles. The predicted octanol–water partition coefficient (Wildman–Crippen LogP) is 2.18. The minimum Gasteiger partial charge on any atom is -0.270 e. The lowest BCUT2D eigenvalue weighted by Crippen LogP contribution is -2.22. The van der Waals surface area contributed by atoms with E-state index in [1.807, 2.05) is 5.70 Å². The highest BCUT2D eigenvalue weighted by Crippen LogP contribution is 2.13. The molecule has 0 N–H and O–H groups in total. The van der Waals surface area contributed by atoms with Crippen LogP contribution >= 0.6 is 0 Å². The van der Waals surface area contributed by atoms with Crippen LogP contribution in [0.2, 0.25) is 19.1 Å². The largest absolute Gasteiger partial charge is 0.270 e. The van der Waals surface area contributed by atoms with Crippen LogP contribution in [0.1, 0.15) is 13.3 Å². The van der Waals surface area contributed by atoms with Gasteiger partial charge >= 0.3 is 0 Å². The summed E-state index contributed by atoms with van der Waals surface area (Å²) in [5.74, 6) is 0.0509. The summed E-state index contributed by atoms with van der Waals surface area (Å²) in [6, 6.07) is 1.02. The van der Waals surface area contributed by atoms with E-state index in [1.54, 1.807) is 6.92 Å². The smallest absolute Gasteiger partial charge is 0.267 e. The van der Waals surface area contributed by atoms with Crippen molar-refractivity contribution in [2.75, 3.05) is 12.4 Å². The summed E-state index contributed by atoms with van der Waals surface area (Å²) >= 11 is 0. The molecule has 0 aromatic heterocycles. The normalized spacial score (nSPS) is 12.8. The molecule has 0 unspecified atom stereocenters. The van der Waals surface area contributed by atoms with Crippen LogP contribution in [-0.4, -0.2) is 28.9 Å². The van der Waals surface area contributed by atoms with E-state index in [1.165, 1.54) is 0 Å². The van der Waals surface area contributed by atoms with Gasteiger partial charge in [-0.1, -0.05) is 19.1 Å². The molecule has 0 aromatic carbocycles. The topological polar surface area (TPSA) is 43.4 Å². The first kappa shape index (κ1) is 13.9. The van der Waals surface area contributed by atoms with Gasteiger partial charge in [-0.3, -0.25) is 4.18 Å². The molecule has 0 atom stereocenters. The molecule has 0 aliphatic rings. The molecule has 14 heavy (non-hydrogen) atoms. The van der Waals surface area contributed by atoms with Gasteiger partial charge in [-0.05, 0) is 13.3 Å². The van der Waals surface area contributed by atoms with Gasteiger partial charge in [0.2, 0.25) is 0 Å². The molecular formula is C9H20O3SSi. The minimum atomic E-state index is -3.25. The van der Waals surface area contributed by atoms with E-state index in [0.717, 1.165) is 12.5 Å². The highest BCUT2D eigenvalue weighted by Gasteiger charge is 2.15. The number of hydrogen-bond acceptors (Lipinski definition) is 3. The van der Waals surface area contributed by atoms with Crippen LogP contribution in [-0.2, 0) is 14.3 Å². The molecule has 3 nitrogen and oxygen atoms in total. The van der Waals surface area contributed by atoms with Crippen LogP contribution in [0, 0.1) is 0 Å². The van der Waals surface area contributed by atoms with E-state index in [2.05, 4.69) is 19.7 Å². The van der Waals surface area contributed by atoms with Crippen molar-refractivity contribution in [2.24, 2.45) is 0 Å². The van der Waals surface area contributed by atoms with Gasteiger partial charge in [0.1, 0.15) is 0 Å². The Morgan fingerprint density at radius 3 is 2.43 bits per heavy atom. The number of hydrogen-bond donors (Lipinski definition) is 0. The van der Waals surface area contributed by atoms with Crippen LogP contribution in [0.3, 0.4) is 0 Å². The van der Waals surface area contributed by atoms with Gasteiger partial charge in [0.05, 0.1) is 20.4 Å². The fourth-order valence-corrected chi connectivity index (χ4v) is 2.70. The first-order chi connectivity index (χ1) is 6.33. The van der Waals surface area contributed by atoms with Crippen molar-refractivity contribution in [1.82, 2.24) is 0 Å². The zero-order chi connectivity index (χ0) is 11.2. The Bertz CT molecular complexity index is 270. The quantitative estimate of drug-likeness (QED) is 0.386. The molecule has 0 aromatic rings. The van der Waals surface area contributed by atoms with Crippen LogP contribution in [0.4, 0.5) is 0 Å². The SMILES string of the molecule is C=C[Si](C)(C)CCCOS(=O)(=O)CC. The van der Waals surface area contributed by atoms with Crippen molar-refractivity contribution >= 4 is 18.2 Å². The average Bonchev–Trinajstić information content (AvgIpc) is 2.13. The summed E-state index contributed by atoms with van der Waals surface area (Å²) < 4.78 is 26.7. The Hall–Kier alpha value is -0.133. The number of rotatable bonds is 7. The lowest BCUT2D eigenvalue weighted by atomic mass is 10.5. The van der Waals surface area contributed by atoms with Crippen LogP contribution in [0.5, 0.6) is 0 Å². The van der Waals surface area contributed by atoms with Crippen molar-refractivity contribution in [2.45, 2.75) is 32.5 Å². The third-order valence-corrected chi connectivity index (χ3v) is 6.11. The zero-order valence-electron chi connectivity index (χ0n) is 9.25. The van der Waals surface area contributed by atoms with Gasteiger partial charge in [0, 0.05) is 0 Å². The summed E-state index contributed by atoms with van der Waals surface area (Å²) in [7, 11) is -4.55. The van der Waals surface area contributed by atoms with E-state index in [4.69, 9.17) is 4.18 Å². The molecule has 0 heterocycles. The standard InChI is InChI=1S/C9H20O3SSi/c1-5-13(10,11)12-8-7-9-14(3,4)6-2/h6H,2,5,7-9H2,1,3-4H3. The van der Waals surface area contributed by atoms with Crippen LogP contribution < -0.4 is 0 Å². The average molecular weight is 236 g/mol. The summed E-state index contributed by atoms with van der Waals surface area (Å²) in [6.45, 7) is 10.1. The van der Waals surface area contributed by atoms with Crippen molar-refractivity contribution in [3.05, 3.63) is 12.3 Å². The Balaban J connectivity index is 3.73. The second kappa shape index (κ2) is 5.68. The lowest BCUT2D eigenvalue weighted by molar-refractivity contribution is 0.318. The van der Waals surface area contributed by atoms with Gasteiger partial charge in [-0.15, -0.1) is 12.3 Å². The van der Waals surface area contributed by atoms with E-state index in [9.17, 15) is 8.42 Å². The Kier molecular flexibility index (Phi) is 5.62. The Morgan fingerprint density at radius 1 is 1.43 bits per heavy atom. The Labute approximate surface area is 88.3 Å². The molecule has 0 fully saturated rings. The molecule has 0 spiro atoms. The molecule has 84 valence electrons. The highest BCUT2D eigenvalue weighted by molar-refractivity contribution is 7.86. The van der Waals surface area contributed by atoms with Crippen molar-refractivity contribution in [1.29, 1.82) is 0 Å². The molecule has 0 saturated heterocycles. The maximum absolute atomic E-state index is 11.0. The molecule has 0 rings (SSSR count). The van der Waals surface area contributed by atoms with Gasteiger partial charge < -0.3 is 0 Å². The maximum atomic E-state index is 11.0. The molecule has 5 heteroatoms. The third-order valence-electron chi connectivity index (χ3n) is 2.13. The summed E-state index contributed by atoms with van der Waals surface area (Å²) in [5, 5.41) is 0. The van der Waals surface area contributed by atoms with E-state index >= 15 is 0 Å². The Morgan fingerprint density at radius 2 is 2.00 bits per heavy atom. The second-order valence-electron chi connectivity index (χ2n) is 3.96. The molecule has 0 aliphatic carbocycles. The van der Waals surface area contributed by atoms with Gasteiger partial charge in [0.25, 0.3) is 10.1 Å². The molecule has 0 aliphatic heterocycles. The second-order valence-corrected chi connectivity index (χ2v) is 10.8. The minimum absolute atomic E-state index is 0.0509. The summed E-state index contributed by atoms with van der Waals surface area (Å²) in [4.78, 5) is 0. The summed E-state index contributed by atoms with van der Waals surface area (Å²) in [6.07, 6.45) is 0.796. The van der Waals surface area contributed by atoms with Crippen molar-refractivity contribution in [3.8, 4) is 0 Å². The third kappa shape index (κ3) is 6.34. The van der Waals surface area contributed by atoms with E-state index < -0.39 is 18.2 Å². The lowest BCUT2D eigenvalue weighted by Gasteiger charge is -2.16. The van der Waals surface area contributed by atoms with Gasteiger partial charge in [-0.2, -0.15) is 8.42 Å². The van der Waals surface area contributed by atoms with Crippen molar-refractivity contribution in [3.63, 3.8) is 0 Å². The molecule has 0 amide bonds.